The van der Waals surface area contributed by atoms with E-state index in [1.165, 1.54) is 8.99 Å². The molecule has 0 saturated heterocycles. The Balaban J connectivity index is 1.65. The van der Waals surface area contributed by atoms with Gasteiger partial charge in [0, 0.05) is 28.9 Å². The summed E-state index contributed by atoms with van der Waals surface area (Å²) < 4.78 is 29.7. The Morgan fingerprint density at radius 1 is 1.03 bits per heavy atom. The zero-order valence-electron chi connectivity index (χ0n) is 17.1. The van der Waals surface area contributed by atoms with Crippen LogP contribution in [-0.4, -0.2) is 34.8 Å². The summed E-state index contributed by atoms with van der Waals surface area (Å²) in [5.41, 5.74) is 3.23. The lowest BCUT2D eigenvalue weighted by molar-refractivity contribution is 0.428. The molecule has 0 saturated carbocycles. The summed E-state index contributed by atoms with van der Waals surface area (Å²) in [7, 11) is -3.85. The summed E-state index contributed by atoms with van der Waals surface area (Å²) >= 11 is 5.98. The van der Waals surface area contributed by atoms with Crippen LogP contribution in [0.2, 0.25) is 5.02 Å². The molecular formula is C23H19ClN4O3S. The van der Waals surface area contributed by atoms with Gasteiger partial charge in [0.05, 0.1) is 10.6 Å². The van der Waals surface area contributed by atoms with Gasteiger partial charge in [-0.15, -0.1) is 0 Å². The Labute approximate surface area is 190 Å². The number of sulfonamides is 1. The molecule has 0 atom stereocenters. The molecule has 2 aromatic carbocycles. The van der Waals surface area contributed by atoms with E-state index in [4.69, 9.17) is 11.6 Å². The average molecular weight is 467 g/mol. The normalized spacial score (nSPS) is 13.4. The number of hydrogen-bond donors (Lipinski definition) is 1. The highest BCUT2D eigenvalue weighted by Crippen LogP contribution is 2.40. The quantitative estimate of drug-likeness (QED) is 0.485. The van der Waals surface area contributed by atoms with E-state index in [9.17, 15) is 13.5 Å². The van der Waals surface area contributed by atoms with Crippen LogP contribution in [0.25, 0.3) is 16.9 Å². The lowest BCUT2D eigenvalue weighted by atomic mass is 10.1. The van der Waals surface area contributed by atoms with Crippen molar-refractivity contribution in [2.45, 2.75) is 18.2 Å². The molecule has 9 heteroatoms. The van der Waals surface area contributed by atoms with Crippen LogP contribution in [-0.2, 0) is 16.4 Å². The first-order chi connectivity index (χ1) is 15.4. The summed E-state index contributed by atoms with van der Waals surface area (Å²) in [4.78, 5) is 4.58. The maximum atomic E-state index is 13.5. The molecule has 4 aromatic rings. The highest BCUT2D eigenvalue weighted by molar-refractivity contribution is 7.92. The minimum atomic E-state index is -3.85. The van der Waals surface area contributed by atoms with Crippen molar-refractivity contribution < 1.29 is 13.5 Å². The Morgan fingerprint density at radius 2 is 1.75 bits per heavy atom. The Hall–Kier alpha value is -3.36. The number of aromatic nitrogens is 3. The van der Waals surface area contributed by atoms with Crippen LogP contribution < -0.4 is 4.31 Å². The van der Waals surface area contributed by atoms with Crippen molar-refractivity contribution in [2.24, 2.45) is 0 Å². The molecule has 1 aliphatic rings. The second-order valence-electron chi connectivity index (χ2n) is 7.55. The Morgan fingerprint density at radius 3 is 2.47 bits per heavy atom. The molecule has 162 valence electrons. The Bertz CT molecular complexity index is 1410. The second kappa shape index (κ2) is 7.65. The molecule has 7 nitrogen and oxygen atoms in total. The first-order valence-electron chi connectivity index (χ1n) is 9.98. The molecule has 1 N–H and O–H groups in total. The van der Waals surface area contributed by atoms with Gasteiger partial charge in [0.2, 0.25) is 5.88 Å². The molecule has 0 radical (unpaired) electrons. The highest BCUT2D eigenvalue weighted by atomic mass is 35.5. The SMILES string of the molecule is Cc1ccc(S(=O)(=O)N2CCc3c(nn(-c4ccc(Cl)cc4)c3O)-c3cccnc32)cc1. The third-order valence-corrected chi connectivity index (χ3v) is 7.54. The molecule has 2 aromatic heterocycles. The lowest BCUT2D eigenvalue weighted by Gasteiger charge is -2.23. The largest absolute Gasteiger partial charge is 0.493 e. The topological polar surface area (TPSA) is 88.3 Å². The molecule has 1 aliphatic heterocycles. The summed E-state index contributed by atoms with van der Waals surface area (Å²) in [6.45, 7) is 2.02. The van der Waals surface area contributed by atoms with Gasteiger partial charge >= 0.3 is 0 Å². The number of nitrogens with zero attached hydrogens (tertiary/aromatic N) is 4. The highest BCUT2D eigenvalue weighted by Gasteiger charge is 2.34. The number of aromatic hydroxyl groups is 1. The van der Waals surface area contributed by atoms with Crippen LogP contribution in [0.5, 0.6) is 5.88 Å². The maximum absolute atomic E-state index is 13.5. The van der Waals surface area contributed by atoms with E-state index in [1.807, 2.05) is 6.92 Å². The summed E-state index contributed by atoms with van der Waals surface area (Å²) in [5, 5.41) is 16.2. The number of pyridine rings is 1. The van der Waals surface area contributed by atoms with Crippen molar-refractivity contribution in [3.05, 3.63) is 83.0 Å². The van der Waals surface area contributed by atoms with Crippen LogP contribution in [0.1, 0.15) is 11.1 Å². The van der Waals surface area contributed by atoms with Gasteiger partial charge in [0.1, 0.15) is 5.69 Å². The summed E-state index contributed by atoms with van der Waals surface area (Å²) in [6.07, 6.45) is 1.83. The summed E-state index contributed by atoms with van der Waals surface area (Å²) in [6, 6.07) is 17.2. The molecule has 32 heavy (non-hydrogen) atoms. The molecule has 3 heterocycles. The number of fused-ring (bicyclic) bond motifs is 3. The van der Waals surface area contributed by atoms with Gasteiger partial charge in [0.25, 0.3) is 10.0 Å². The fraction of sp³-hybridized carbons (Fsp3) is 0.130. The first-order valence-corrected chi connectivity index (χ1v) is 11.8. The van der Waals surface area contributed by atoms with E-state index in [0.29, 0.717) is 27.5 Å². The minimum absolute atomic E-state index is 0.0355. The monoisotopic (exact) mass is 466 g/mol. The van der Waals surface area contributed by atoms with Gasteiger partial charge < -0.3 is 5.11 Å². The van der Waals surface area contributed by atoms with Crippen molar-refractivity contribution in [3.63, 3.8) is 0 Å². The van der Waals surface area contributed by atoms with Crippen LogP contribution in [0.4, 0.5) is 5.82 Å². The molecule has 0 amide bonds. The zero-order chi connectivity index (χ0) is 22.5. The van der Waals surface area contributed by atoms with Crippen molar-refractivity contribution in [1.82, 2.24) is 14.8 Å². The smallest absolute Gasteiger partial charge is 0.265 e. The number of aryl methyl sites for hydroxylation is 1. The van der Waals surface area contributed by atoms with Crippen LogP contribution in [0.3, 0.4) is 0 Å². The van der Waals surface area contributed by atoms with Gasteiger partial charge in [0.15, 0.2) is 5.82 Å². The molecule has 5 rings (SSSR count). The summed E-state index contributed by atoms with van der Waals surface area (Å²) in [5.74, 6) is 0.249. The minimum Gasteiger partial charge on any atom is -0.493 e. The number of anilines is 1. The van der Waals surface area contributed by atoms with E-state index < -0.39 is 10.0 Å². The standard InChI is InChI=1S/C23H19ClN4O3S/c1-15-4-10-18(11-5-15)32(30,31)27-14-12-20-21(19-3-2-13-25-22(19)27)26-28(23(20)29)17-8-6-16(24)7-9-17/h2-11,13,29H,12,14H2,1H3. The average Bonchev–Trinajstić information content (AvgIpc) is 3.01. The van der Waals surface area contributed by atoms with Crippen LogP contribution >= 0.6 is 11.6 Å². The number of rotatable bonds is 3. The number of halogens is 1. The van der Waals surface area contributed by atoms with E-state index >= 15 is 0 Å². The van der Waals surface area contributed by atoms with Crippen molar-refractivity contribution >= 4 is 27.4 Å². The lowest BCUT2D eigenvalue weighted by Crippen LogP contribution is -2.33. The molecule has 0 aliphatic carbocycles. The van der Waals surface area contributed by atoms with Crippen molar-refractivity contribution in [2.75, 3.05) is 10.8 Å². The first kappa shape index (κ1) is 20.5. The number of benzene rings is 2. The third-order valence-electron chi connectivity index (χ3n) is 5.48. The molecular weight excluding hydrogens is 448 g/mol. The maximum Gasteiger partial charge on any atom is 0.265 e. The predicted octanol–water partition coefficient (Wildman–Crippen LogP) is 4.35. The van der Waals surface area contributed by atoms with Crippen LogP contribution in [0.15, 0.2) is 71.8 Å². The van der Waals surface area contributed by atoms with Crippen LogP contribution in [0, 0.1) is 6.92 Å². The fourth-order valence-corrected chi connectivity index (χ4v) is 5.39. The zero-order valence-corrected chi connectivity index (χ0v) is 18.7. The van der Waals surface area contributed by atoms with E-state index in [0.717, 1.165) is 5.56 Å². The van der Waals surface area contributed by atoms with Gasteiger partial charge in [-0.2, -0.15) is 5.10 Å². The number of hydrogen-bond acceptors (Lipinski definition) is 5. The van der Waals surface area contributed by atoms with Gasteiger partial charge in [-0.3, -0.25) is 0 Å². The molecule has 0 bridgehead atoms. The Kier molecular flexibility index (Phi) is 4.91. The predicted molar refractivity (Wildman–Crippen MR) is 123 cm³/mol. The van der Waals surface area contributed by atoms with E-state index in [2.05, 4.69) is 10.1 Å². The molecule has 0 fully saturated rings. The van der Waals surface area contributed by atoms with E-state index in [1.54, 1.807) is 66.9 Å². The van der Waals surface area contributed by atoms with Gasteiger partial charge in [-0.1, -0.05) is 29.3 Å². The molecule has 0 unspecified atom stereocenters. The van der Waals surface area contributed by atoms with Gasteiger partial charge in [-0.25, -0.2) is 22.4 Å². The fourth-order valence-electron chi connectivity index (χ4n) is 3.82. The third kappa shape index (κ3) is 3.32. The van der Waals surface area contributed by atoms with Crippen molar-refractivity contribution in [1.29, 1.82) is 0 Å². The van der Waals surface area contributed by atoms with Crippen molar-refractivity contribution in [3.8, 4) is 22.8 Å². The second-order valence-corrected chi connectivity index (χ2v) is 9.85. The molecule has 0 spiro atoms. The van der Waals surface area contributed by atoms with Gasteiger partial charge in [-0.05, 0) is 61.9 Å². The van der Waals surface area contributed by atoms with E-state index in [-0.39, 0.29) is 29.6 Å².